The predicted octanol–water partition coefficient (Wildman–Crippen LogP) is 3.02. The van der Waals surface area contributed by atoms with Crippen LogP contribution in [-0.4, -0.2) is 27.2 Å². The van der Waals surface area contributed by atoms with E-state index >= 15 is 0 Å². The molecule has 0 N–H and O–H groups in total. The predicted molar refractivity (Wildman–Crippen MR) is 66.1 cm³/mol. The lowest BCUT2D eigenvalue weighted by atomic mass is 10.3. The molecule has 0 aromatic heterocycles. The highest BCUT2D eigenvalue weighted by molar-refractivity contribution is 6.95. The Morgan fingerprint density at radius 3 is 2.07 bits per heavy atom. The Kier molecular flexibility index (Phi) is 3.56. The summed E-state index contributed by atoms with van der Waals surface area (Å²) in [6, 6.07) is 5.19. The van der Waals surface area contributed by atoms with Crippen molar-refractivity contribution in [2.75, 3.05) is 6.54 Å². The highest BCUT2D eigenvalue weighted by Gasteiger charge is 2.46. The molecule has 1 rings (SSSR count). The lowest BCUT2D eigenvalue weighted by Gasteiger charge is -2.38. The Hall–Kier alpha value is -0.116. The minimum atomic E-state index is -1.07. The normalized spacial score (nSPS) is 24.8. The van der Waals surface area contributed by atoms with Crippen molar-refractivity contribution in [3.8, 4) is 6.07 Å². The van der Waals surface area contributed by atoms with Gasteiger partial charge in [-0.1, -0.05) is 26.2 Å². The van der Waals surface area contributed by atoms with Gasteiger partial charge in [-0.3, -0.25) is 0 Å². The minimum Gasteiger partial charge on any atom is -0.345 e. The van der Waals surface area contributed by atoms with Crippen LogP contribution >= 0.6 is 0 Å². The highest BCUT2D eigenvalue weighted by atomic mass is 28.4. The topological polar surface area (TPSA) is 27.0 Å². The summed E-state index contributed by atoms with van der Waals surface area (Å²) in [5.74, 6) is 0. The SMILES string of the molecule is C[Si]1(C)CC[Si](C)(C)N1CCCC#N. The van der Waals surface area contributed by atoms with Gasteiger partial charge in [0.15, 0.2) is 0 Å². The highest BCUT2D eigenvalue weighted by Crippen LogP contribution is 2.36. The van der Waals surface area contributed by atoms with Crippen LogP contribution in [0.5, 0.6) is 0 Å². The fourth-order valence-electron chi connectivity index (χ4n) is 2.62. The molecular weight excluding hydrogens is 204 g/mol. The second-order valence-electron chi connectivity index (χ2n) is 5.54. The summed E-state index contributed by atoms with van der Waals surface area (Å²) in [5.41, 5.74) is 0. The van der Waals surface area contributed by atoms with Crippen LogP contribution in [0.1, 0.15) is 12.8 Å². The maximum atomic E-state index is 8.55. The van der Waals surface area contributed by atoms with Crippen LogP contribution in [0.25, 0.3) is 0 Å². The zero-order valence-corrected chi connectivity index (χ0v) is 11.9. The summed E-state index contributed by atoms with van der Waals surface area (Å²) in [6.07, 6.45) is 1.80. The number of nitriles is 1. The molecule has 1 saturated heterocycles. The Bertz CT molecular complexity index is 227. The first-order valence-electron chi connectivity index (χ1n) is 5.55. The molecule has 0 amide bonds. The van der Waals surface area contributed by atoms with E-state index in [1.807, 2.05) is 0 Å². The Morgan fingerprint density at radius 2 is 1.64 bits per heavy atom. The molecular formula is C10H22N2Si2. The maximum absolute atomic E-state index is 8.55. The third kappa shape index (κ3) is 2.47. The smallest absolute Gasteiger partial charge is 0.115 e. The van der Waals surface area contributed by atoms with Crippen molar-refractivity contribution in [3.63, 3.8) is 0 Å². The molecule has 0 radical (unpaired) electrons. The van der Waals surface area contributed by atoms with Crippen molar-refractivity contribution < 1.29 is 0 Å². The monoisotopic (exact) mass is 226 g/mol. The summed E-state index contributed by atoms with van der Waals surface area (Å²) in [7, 11) is -2.14. The number of nitrogens with zero attached hydrogens (tertiary/aromatic N) is 2. The molecule has 0 saturated carbocycles. The van der Waals surface area contributed by atoms with Crippen LogP contribution in [0, 0.1) is 11.3 Å². The molecule has 0 aromatic rings. The van der Waals surface area contributed by atoms with Gasteiger partial charge in [0, 0.05) is 6.42 Å². The summed E-state index contributed by atoms with van der Waals surface area (Å²) < 4.78 is 2.84. The minimum absolute atomic E-state index is 0.728. The van der Waals surface area contributed by atoms with E-state index in [0.29, 0.717) is 0 Å². The summed E-state index contributed by atoms with van der Waals surface area (Å²) in [4.78, 5) is 0. The van der Waals surface area contributed by atoms with Crippen LogP contribution in [0.2, 0.25) is 38.3 Å². The number of unbranched alkanes of at least 4 members (excludes halogenated alkanes) is 1. The van der Waals surface area contributed by atoms with Crippen LogP contribution in [0.4, 0.5) is 0 Å². The molecule has 4 heteroatoms. The van der Waals surface area contributed by atoms with E-state index in [-0.39, 0.29) is 0 Å². The summed E-state index contributed by atoms with van der Waals surface area (Å²) in [5, 5.41) is 8.55. The van der Waals surface area contributed by atoms with E-state index in [1.165, 1.54) is 18.6 Å². The molecule has 0 aromatic carbocycles. The molecule has 0 atom stereocenters. The molecule has 14 heavy (non-hydrogen) atoms. The van der Waals surface area contributed by atoms with Crippen molar-refractivity contribution in [3.05, 3.63) is 0 Å². The molecule has 0 bridgehead atoms. The third-order valence-corrected chi connectivity index (χ3v) is 13.9. The van der Waals surface area contributed by atoms with Crippen LogP contribution < -0.4 is 0 Å². The van der Waals surface area contributed by atoms with E-state index in [4.69, 9.17) is 5.26 Å². The fourth-order valence-corrected chi connectivity index (χ4v) is 16.8. The largest absolute Gasteiger partial charge is 0.345 e. The first-order valence-corrected chi connectivity index (χ1v) is 11.9. The lowest BCUT2D eigenvalue weighted by molar-refractivity contribution is 0.596. The second-order valence-corrected chi connectivity index (χ2v) is 15.3. The van der Waals surface area contributed by atoms with Gasteiger partial charge in [-0.15, -0.1) is 0 Å². The molecule has 1 aliphatic rings. The molecule has 1 aliphatic heterocycles. The Balaban J connectivity index is 2.58. The average Bonchev–Trinajstić information content (AvgIpc) is 2.27. The van der Waals surface area contributed by atoms with Crippen molar-refractivity contribution in [2.45, 2.75) is 51.1 Å². The van der Waals surface area contributed by atoms with Gasteiger partial charge in [-0.25, -0.2) is 0 Å². The van der Waals surface area contributed by atoms with Crippen molar-refractivity contribution in [1.82, 2.24) is 4.23 Å². The van der Waals surface area contributed by atoms with Gasteiger partial charge in [-0.2, -0.15) is 5.26 Å². The quantitative estimate of drug-likeness (QED) is 0.546. The van der Waals surface area contributed by atoms with E-state index in [0.717, 1.165) is 12.8 Å². The average molecular weight is 226 g/mol. The van der Waals surface area contributed by atoms with Crippen LogP contribution in [0.15, 0.2) is 0 Å². The number of hydrogen-bond donors (Lipinski definition) is 0. The van der Waals surface area contributed by atoms with E-state index in [9.17, 15) is 0 Å². The standard InChI is InChI=1S/C10H22N2Si2/c1-13(2)9-10-14(3,4)12(13)8-6-5-7-11/h5-6,8-10H2,1-4H3. The van der Waals surface area contributed by atoms with Gasteiger partial charge in [-0.05, 0) is 25.1 Å². The molecule has 1 fully saturated rings. The van der Waals surface area contributed by atoms with Gasteiger partial charge < -0.3 is 4.23 Å². The molecule has 1 heterocycles. The third-order valence-electron chi connectivity index (χ3n) is 3.48. The first-order chi connectivity index (χ1) is 6.40. The molecule has 80 valence electrons. The fraction of sp³-hybridized carbons (Fsp3) is 0.900. The lowest BCUT2D eigenvalue weighted by Crippen LogP contribution is -2.55. The van der Waals surface area contributed by atoms with Gasteiger partial charge in [0.05, 0.1) is 6.07 Å². The van der Waals surface area contributed by atoms with Gasteiger partial charge in [0.25, 0.3) is 0 Å². The van der Waals surface area contributed by atoms with Crippen molar-refractivity contribution >= 4 is 16.5 Å². The van der Waals surface area contributed by atoms with Crippen molar-refractivity contribution in [1.29, 1.82) is 5.26 Å². The zero-order chi connectivity index (χ0) is 10.8. The van der Waals surface area contributed by atoms with E-state index in [2.05, 4.69) is 36.5 Å². The second kappa shape index (κ2) is 4.17. The maximum Gasteiger partial charge on any atom is 0.115 e. The van der Waals surface area contributed by atoms with Crippen LogP contribution in [0.3, 0.4) is 0 Å². The molecule has 0 aliphatic carbocycles. The summed E-state index contributed by atoms with van der Waals surface area (Å²) >= 11 is 0. The number of rotatable bonds is 3. The molecule has 2 nitrogen and oxygen atoms in total. The van der Waals surface area contributed by atoms with E-state index in [1.54, 1.807) is 0 Å². The van der Waals surface area contributed by atoms with E-state index < -0.39 is 16.5 Å². The van der Waals surface area contributed by atoms with Gasteiger partial charge in [0.2, 0.25) is 0 Å². The van der Waals surface area contributed by atoms with Crippen molar-refractivity contribution in [2.24, 2.45) is 0 Å². The zero-order valence-electron chi connectivity index (χ0n) is 9.93. The number of hydrogen-bond acceptors (Lipinski definition) is 2. The Morgan fingerprint density at radius 1 is 1.14 bits per heavy atom. The Labute approximate surface area is 90.1 Å². The van der Waals surface area contributed by atoms with Gasteiger partial charge in [0.1, 0.15) is 16.5 Å². The molecule has 0 spiro atoms. The summed E-state index contributed by atoms with van der Waals surface area (Å²) in [6.45, 7) is 11.1. The van der Waals surface area contributed by atoms with Gasteiger partial charge >= 0.3 is 0 Å². The van der Waals surface area contributed by atoms with Crippen LogP contribution in [-0.2, 0) is 0 Å². The first kappa shape index (κ1) is 12.0. The molecule has 0 unspecified atom stereocenters.